The molecule has 0 heterocycles. The quantitative estimate of drug-likeness (QED) is 0.605. The van der Waals surface area contributed by atoms with Crippen LogP contribution in [0, 0.1) is 0 Å². The van der Waals surface area contributed by atoms with E-state index >= 15 is 0 Å². The third-order valence-electron chi connectivity index (χ3n) is 5.17. The van der Waals surface area contributed by atoms with Gasteiger partial charge in [-0.15, -0.1) is 12.4 Å². The van der Waals surface area contributed by atoms with Gasteiger partial charge >= 0.3 is 6.03 Å². The Bertz CT molecular complexity index is 632. The van der Waals surface area contributed by atoms with Crippen LogP contribution in [0.1, 0.15) is 62.1 Å². The smallest absolute Gasteiger partial charge is 0.315 e. The molecule has 7 heteroatoms. The van der Waals surface area contributed by atoms with E-state index in [1.54, 1.807) is 0 Å². The number of rotatable bonds is 4. The van der Waals surface area contributed by atoms with Crippen molar-refractivity contribution in [1.29, 1.82) is 0 Å². The minimum atomic E-state index is -0.251. The highest BCUT2D eigenvalue weighted by Gasteiger charge is 2.22. The Hall–Kier alpha value is -1.95. The molecule has 1 atom stereocenters. The Morgan fingerprint density at radius 1 is 1.04 bits per heavy atom. The zero-order chi connectivity index (χ0) is 17.6. The maximum absolute atomic E-state index is 12.2. The van der Waals surface area contributed by atoms with E-state index in [0.29, 0.717) is 0 Å². The molecule has 3 rings (SSSR count). The van der Waals surface area contributed by atoms with Crippen molar-refractivity contribution >= 4 is 30.0 Å². The first-order valence-electron chi connectivity index (χ1n) is 9.34. The van der Waals surface area contributed by atoms with Gasteiger partial charge in [-0.1, -0.05) is 25.3 Å². The summed E-state index contributed by atoms with van der Waals surface area (Å²) in [6.07, 6.45) is 8.57. The van der Waals surface area contributed by atoms with E-state index in [1.807, 2.05) is 18.2 Å². The molecule has 1 saturated carbocycles. The van der Waals surface area contributed by atoms with E-state index in [4.69, 9.17) is 5.73 Å². The number of nitrogen functional groups attached to an aromatic ring is 1. The fraction of sp³-hybridized carbons (Fsp3) is 0.579. The molecule has 1 aromatic rings. The molecule has 3 amide bonds. The largest absolute Gasteiger partial charge is 0.399 e. The molecular weight excluding hydrogens is 352 g/mol. The molecule has 0 aromatic heterocycles. The van der Waals surface area contributed by atoms with Gasteiger partial charge in [0.1, 0.15) is 0 Å². The predicted molar refractivity (Wildman–Crippen MR) is 105 cm³/mol. The number of fused-ring (bicyclic) bond motifs is 1. The van der Waals surface area contributed by atoms with Crippen molar-refractivity contribution in [2.24, 2.45) is 0 Å². The fourth-order valence-corrected chi connectivity index (χ4v) is 3.87. The van der Waals surface area contributed by atoms with Crippen LogP contribution >= 0.6 is 12.4 Å². The molecule has 1 fully saturated rings. The standard InChI is InChI=1S/C19H28N4O2.ClH/c20-14-9-10-16-13(11-14)5-4-8-17(16)23-18(24)12-21-19(25)22-15-6-2-1-3-7-15;/h9-11,15,17H,1-8,12,20H2,(H,23,24)(H2,21,22,25);1H. The van der Waals surface area contributed by atoms with Gasteiger partial charge in [0.2, 0.25) is 5.91 Å². The second-order valence-corrected chi connectivity index (χ2v) is 7.13. The summed E-state index contributed by atoms with van der Waals surface area (Å²) in [6, 6.07) is 5.85. The van der Waals surface area contributed by atoms with Crippen LogP contribution in [0.25, 0.3) is 0 Å². The number of carbonyl (C=O) groups excluding carboxylic acids is 2. The van der Waals surface area contributed by atoms with Crippen LogP contribution in [-0.2, 0) is 11.2 Å². The molecule has 2 aliphatic carbocycles. The Kier molecular flexibility index (Phi) is 7.57. The molecule has 0 radical (unpaired) electrons. The Labute approximate surface area is 161 Å². The third kappa shape index (κ3) is 5.53. The topological polar surface area (TPSA) is 96.2 Å². The summed E-state index contributed by atoms with van der Waals surface area (Å²) < 4.78 is 0. The van der Waals surface area contributed by atoms with Gasteiger partial charge in [0, 0.05) is 11.7 Å². The summed E-state index contributed by atoms with van der Waals surface area (Å²) in [5.41, 5.74) is 8.95. The molecule has 6 nitrogen and oxygen atoms in total. The number of anilines is 1. The van der Waals surface area contributed by atoms with Crippen LogP contribution in [0.4, 0.5) is 10.5 Å². The highest BCUT2D eigenvalue weighted by atomic mass is 35.5. The van der Waals surface area contributed by atoms with E-state index in [2.05, 4.69) is 16.0 Å². The molecule has 0 bridgehead atoms. The van der Waals surface area contributed by atoms with Crippen LogP contribution in [0.5, 0.6) is 0 Å². The number of nitrogens with two attached hydrogens (primary N) is 1. The van der Waals surface area contributed by atoms with E-state index in [1.165, 1.54) is 12.0 Å². The fourth-order valence-electron chi connectivity index (χ4n) is 3.87. The summed E-state index contributed by atoms with van der Waals surface area (Å²) in [6.45, 7) is -0.000636. The minimum absolute atomic E-state index is 0. The van der Waals surface area contributed by atoms with Crippen LogP contribution in [0.15, 0.2) is 18.2 Å². The van der Waals surface area contributed by atoms with E-state index in [-0.39, 0.29) is 43.0 Å². The van der Waals surface area contributed by atoms with E-state index in [0.717, 1.165) is 56.2 Å². The summed E-state index contributed by atoms with van der Waals surface area (Å²) in [7, 11) is 0. The Morgan fingerprint density at radius 2 is 1.81 bits per heavy atom. The van der Waals surface area contributed by atoms with Crippen LogP contribution in [0.3, 0.4) is 0 Å². The molecule has 1 unspecified atom stereocenters. The molecule has 1 aromatic carbocycles. The maximum atomic E-state index is 12.2. The molecule has 0 aliphatic heterocycles. The van der Waals surface area contributed by atoms with Gasteiger partial charge in [0.05, 0.1) is 12.6 Å². The zero-order valence-electron chi connectivity index (χ0n) is 15.1. The highest BCUT2D eigenvalue weighted by molar-refractivity contribution is 5.85. The van der Waals surface area contributed by atoms with Crippen molar-refractivity contribution in [3.05, 3.63) is 29.3 Å². The van der Waals surface area contributed by atoms with Gasteiger partial charge in [-0.25, -0.2) is 4.79 Å². The number of nitrogens with one attached hydrogen (secondary N) is 3. The number of hydrogen-bond donors (Lipinski definition) is 4. The first kappa shape index (κ1) is 20.4. The lowest BCUT2D eigenvalue weighted by Gasteiger charge is -2.27. The predicted octanol–water partition coefficient (Wildman–Crippen LogP) is 2.82. The number of aryl methyl sites for hydroxylation is 1. The lowest BCUT2D eigenvalue weighted by molar-refractivity contribution is -0.120. The van der Waals surface area contributed by atoms with Crippen LogP contribution in [-0.4, -0.2) is 24.5 Å². The van der Waals surface area contributed by atoms with E-state index in [9.17, 15) is 9.59 Å². The lowest BCUT2D eigenvalue weighted by Crippen LogP contribution is -2.46. The van der Waals surface area contributed by atoms with Crippen molar-refractivity contribution in [1.82, 2.24) is 16.0 Å². The average molecular weight is 381 g/mol. The molecule has 26 heavy (non-hydrogen) atoms. The van der Waals surface area contributed by atoms with Gasteiger partial charge in [0.25, 0.3) is 0 Å². The van der Waals surface area contributed by atoms with Gasteiger partial charge in [-0.3, -0.25) is 4.79 Å². The van der Waals surface area contributed by atoms with Gasteiger partial charge in [0.15, 0.2) is 0 Å². The van der Waals surface area contributed by atoms with Crippen molar-refractivity contribution < 1.29 is 9.59 Å². The van der Waals surface area contributed by atoms with Gasteiger partial charge in [-0.05, 0) is 55.4 Å². The van der Waals surface area contributed by atoms with Crippen molar-refractivity contribution in [2.75, 3.05) is 12.3 Å². The first-order chi connectivity index (χ1) is 12.1. The van der Waals surface area contributed by atoms with Crippen LogP contribution < -0.4 is 21.7 Å². The monoisotopic (exact) mass is 380 g/mol. The molecule has 144 valence electrons. The van der Waals surface area contributed by atoms with Crippen LogP contribution in [0.2, 0.25) is 0 Å². The summed E-state index contributed by atoms with van der Waals surface area (Å²) in [5, 5.41) is 8.66. The molecular formula is C19H29ClN4O2. The molecule has 5 N–H and O–H groups in total. The van der Waals surface area contributed by atoms with Gasteiger partial charge < -0.3 is 21.7 Å². The maximum Gasteiger partial charge on any atom is 0.315 e. The number of halogens is 1. The second-order valence-electron chi connectivity index (χ2n) is 7.13. The van der Waals surface area contributed by atoms with Crippen molar-refractivity contribution in [3.8, 4) is 0 Å². The van der Waals surface area contributed by atoms with Crippen molar-refractivity contribution in [2.45, 2.75) is 63.5 Å². The Balaban J connectivity index is 0.00000243. The first-order valence-corrected chi connectivity index (χ1v) is 9.34. The van der Waals surface area contributed by atoms with Crippen molar-refractivity contribution in [3.63, 3.8) is 0 Å². The SMILES string of the molecule is Cl.Nc1ccc2c(c1)CCCC2NC(=O)CNC(=O)NC1CCCCC1. The average Bonchev–Trinajstić information content (AvgIpc) is 2.61. The summed E-state index contributed by atoms with van der Waals surface area (Å²) in [4.78, 5) is 24.1. The van der Waals surface area contributed by atoms with E-state index < -0.39 is 0 Å². The number of benzene rings is 1. The highest BCUT2D eigenvalue weighted by Crippen LogP contribution is 2.30. The molecule has 2 aliphatic rings. The number of urea groups is 1. The number of amides is 3. The second kappa shape index (κ2) is 9.67. The lowest BCUT2D eigenvalue weighted by atomic mass is 9.87. The minimum Gasteiger partial charge on any atom is -0.399 e. The number of hydrogen-bond acceptors (Lipinski definition) is 3. The zero-order valence-corrected chi connectivity index (χ0v) is 15.9. The third-order valence-corrected chi connectivity index (χ3v) is 5.17. The summed E-state index contributed by atoms with van der Waals surface area (Å²) in [5.74, 6) is -0.159. The Morgan fingerprint density at radius 3 is 2.58 bits per heavy atom. The molecule has 0 saturated heterocycles. The van der Waals surface area contributed by atoms with Gasteiger partial charge in [-0.2, -0.15) is 0 Å². The summed E-state index contributed by atoms with van der Waals surface area (Å²) >= 11 is 0. The normalized spacial score (nSPS) is 19.6. The number of carbonyl (C=O) groups is 2. The molecule has 0 spiro atoms.